The Kier molecular flexibility index (Phi) is 4.26. The Labute approximate surface area is 110 Å². The molecule has 0 aliphatic carbocycles. The van der Waals surface area contributed by atoms with Crippen molar-refractivity contribution in [1.29, 1.82) is 0 Å². The van der Waals surface area contributed by atoms with E-state index in [1.165, 1.54) is 13.2 Å². The molecule has 0 saturated carbocycles. The SMILES string of the molecule is COCOc1ccccc1-c1cccc(C=O)c1F. The van der Waals surface area contributed by atoms with Crippen LogP contribution >= 0.6 is 0 Å². The summed E-state index contributed by atoms with van der Waals surface area (Å²) in [5.74, 6) is -0.0442. The zero-order valence-corrected chi connectivity index (χ0v) is 10.4. The molecule has 0 fully saturated rings. The fourth-order valence-corrected chi connectivity index (χ4v) is 1.79. The van der Waals surface area contributed by atoms with Gasteiger partial charge in [-0.2, -0.15) is 0 Å². The number of methoxy groups -OCH3 is 1. The molecule has 0 saturated heterocycles. The van der Waals surface area contributed by atoms with Crippen molar-refractivity contribution in [3.05, 3.63) is 53.8 Å². The van der Waals surface area contributed by atoms with Crippen LogP contribution in [-0.4, -0.2) is 20.2 Å². The molecule has 2 aromatic carbocycles. The third kappa shape index (κ3) is 2.80. The van der Waals surface area contributed by atoms with Gasteiger partial charge in [0.15, 0.2) is 13.1 Å². The highest BCUT2D eigenvalue weighted by Gasteiger charge is 2.13. The van der Waals surface area contributed by atoms with E-state index in [4.69, 9.17) is 9.47 Å². The molecule has 0 heterocycles. The average molecular weight is 260 g/mol. The Morgan fingerprint density at radius 1 is 1.11 bits per heavy atom. The van der Waals surface area contributed by atoms with Gasteiger partial charge < -0.3 is 9.47 Å². The molecule has 0 aliphatic heterocycles. The van der Waals surface area contributed by atoms with Crippen molar-refractivity contribution in [3.63, 3.8) is 0 Å². The topological polar surface area (TPSA) is 35.5 Å². The highest BCUT2D eigenvalue weighted by Crippen LogP contribution is 2.32. The lowest BCUT2D eigenvalue weighted by Gasteiger charge is -2.12. The second kappa shape index (κ2) is 6.11. The van der Waals surface area contributed by atoms with Gasteiger partial charge in [-0.3, -0.25) is 4.79 Å². The molecule has 19 heavy (non-hydrogen) atoms. The summed E-state index contributed by atoms with van der Waals surface area (Å²) in [6.45, 7) is 0.0754. The standard InChI is InChI=1S/C15H13FO3/c1-18-10-19-14-8-3-2-6-12(14)13-7-4-5-11(9-17)15(13)16/h2-9H,10H2,1H3. The molecular weight excluding hydrogens is 247 g/mol. The van der Waals surface area contributed by atoms with Gasteiger partial charge in [0.2, 0.25) is 0 Å². The highest BCUT2D eigenvalue weighted by molar-refractivity contribution is 5.81. The predicted octanol–water partition coefficient (Wildman–Crippen LogP) is 3.29. The number of carbonyl (C=O) groups is 1. The number of hydrogen-bond acceptors (Lipinski definition) is 3. The van der Waals surface area contributed by atoms with Gasteiger partial charge in [-0.1, -0.05) is 30.3 Å². The Hall–Kier alpha value is -2.20. The van der Waals surface area contributed by atoms with Crippen LogP contribution in [0.1, 0.15) is 10.4 Å². The van der Waals surface area contributed by atoms with Crippen LogP contribution in [-0.2, 0) is 4.74 Å². The molecule has 0 amide bonds. The number of ether oxygens (including phenoxy) is 2. The minimum Gasteiger partial charge on any atom is -0.467 e. The molecule has 0 unspecified atom stereocenters. The van der Waals surface area contributed by atoms with E-state index in [0.717, 1.165) is 0 Å². The zero-order valence-electron chi connectivity index (χ0n) is 10.4. The highest BCUT2D eigenvalue weighted by atomic mass is 19.1. The van der Waals surface area contributed by atoms with Crippen molar-refractivity contribution in [3.8, 4) is 16.9 Å². The fourth-order valence-electron chi connectivity index (χ4n) is 1.79. The summed E-state index contributed by atoms with van der Waals surface area (Å²) in [5, 5.41) is 0. The third-order valence-electron chi connectivity index (χ3n) is 2.67. The molecule has 3 nitrogen and oxygen atoms in total. The second-order valence-electron chi connectivity index (χ2n) is 3.87. The average Bonchev–Trinajstić information content (AvgIpc) is 2.46. The molecule has 0 aliphatic rings. The van der Waals surface area contributed by atoms with Gasteiger partial charge in [-0.25, -0.2) is 4.39 Å². The monoisotopic (exact) mass is 260 g/mol. The molecule has 2 rings (SSSR count). The Bertz CT molecular complexity index is 581. The molecule has 0 bridgehead atoms. The van der Waals surface area contributed by atoms with Crippen molar-refractivity contribution < 1.29 is 18.7 Å². The minimum atomic E-state index is -0.550. The van der Waals surface area contributed by atoms with Crippen LogP contribution < -0.4 is 4.74 Å². The van der Waals surface area contributed by atoms with E-state index in [2.05, 4.69) is 0 Å². The van der Waals surface area contributed by atoms with E-state index in [-0.39, 0.29) is 12.4 Å². The molecule has 98 valence electrons. The summed E-state index contributed by atoms with van der Waals surface area (Å²) in [4.78, 5) is 10.8. The van der Waals surface area contributed by atoms with Crippen molar-refractivity contribution >= 4 is 6.29 Å². The molecule has 0 spiro atoms. The summed E-state index contributed by atoms with van der Waals surface area (Å²) in [5.41, 5.74) is 0.941. The van der Waals surface area contributed by atoms with E-state index < -0.39 is 5.82 Å². The van der Waals surface area contributed by atoms with Crippen LogP contribution in [0, 0.1) is 5.82 Å². The summed E-state index contributed by atoms with van der Waals surface area (Å²) in [7, 11) is 1.51. The molecule has 2 aromatic rings. The van der Waals surface area contributed by atoms with Gasteiger partial charge >= 0.3 is 0 Å². The minimum absolute atomic E-state index is 0.0269. The van der Waals surface area contributed by atoms with E-state index >= 15 is 0 Å². The Morgan fingerprint density at radius 3 is 2.58 bits per heavy atom. The smallest absolute Gasteiger partial charge is 0.188 e. The summed E-state index contributed by atoms with van der Waals surface area (Å²) < 4.78 is 24.4. The number of para-hydroxylation sites is 1. The van der Waals surface area contributed by atoms with E-state index in [0.29, 0.717) is 23.2 Å². The van der Waals surface area contributed by atoms with Crippen LogP contribution in [0.15, 0.2) is 42.5 Å². The molecule has 0 atom stereocenters. The van der Waals surface area contributed by atoms with Crippen molar-refractivity contribution in [2.45, 2.75) is 0 Å². The molecular formula is C15H13FO3. The number of halogens is 1. The zero-order chi connectivity index (χ0) is 13.7. The summed E-state index contributed by atoms with van der Waals surface area (Å²) in [6, 6.07) is 11.7. The molecule has 0 aromatic heterocycles. The largest absolute Gasteiger partial charge is 0.467 e. The molecule has 0 N–H and O–H groups in total. The molecule has 4 heteroatoms. The van der Waals surface area contributed by atoms with Gasteiger partial charge in [-0.05, 0) is 12.1 Å². The number of rotatable bonds is 5. The first kappa shape index (κ1) is 13.2. The summed E-state index contributed by atoms with van der Waals surface area (Å²) >= 11 is 0. The maximum absolute atomic E-state index is 14.1. The first-order valence-corrected chi connectivity index (χ1v) is 5.72. The van der Waals surface area contributed by atoms with Crippen LogP contribution in [0.5, 0.6) is 5.75 Å². The Morgan fingerprint density at radius 2 is 1.84 bits per heavy atom. The van der Waals surface area contributed by atoms with Gasteiger partial charge in [0.1, 0.15) is 11.6 Å². The lowest BCUT2D eigenvalue weighted by Crippen LogP contribution is -2.01. The molecule has 0 radical (unpaired) electrons. The van der Waals surface area contributed by atoms with E-state index in [1.807, 2.05) is 0 Å². The number of benzene rings is 2. The van der Waals surface area contributed by atoms with Crippen LogP contribution in [0.25, 0.3) is 11.1 Å². The number of aldehydes is 1. The van der Waals surface area contributed by atoms with E-state index in [9.17, 15) is 9.18 Å². The van der Waals surface area contributed by atoms with Crippen molar-refractivity contribution in [2.75, 3.05) is 13.9 Å². The third-order valence-corrected chi connectivity index (χ3v) is 2.67. The lowest BCUT2D eigenvalue weighted by molar-refractivity contribution is 0.0515. The lowest BCUT2D eigenvalue weighted by atomic mass is 10.0. The van der Waals surface area contributed by atoms with Gasteiger partial charge in [0.25, 0.3) is 0 Å². The van der Waals surface area contributed by atoms with Crippen LogP contribution in [0.3, 0.4) is 0 Å². The van der Waals surface area contributed by atoms with Crippen molar-refractivity contribution in [1.82, 2.24) is 0 Å². The number of carbonyl (C=O) groups excluding carboxylic acids is 1. The van der Waals surface area contributed by atoms with Gasteiger partial charge in [0, 0.05) is 18.2 Å². The maximum Gasteiger partial charge on any atom is 0.188 e. The first-order valence-electron chi connectivity index (χ1n) is 5.72. The first-order chi connectivity index (χ1) is 9.27. The number of hydrogen-bond donors (Lipinski definition) is 0. The van der Waals surface area contributed by atoms with Gasteiger partial charge in [-0.15, -0.1) is 0 Å². The normalized spacial score (nSPS) is 10.2. The fraction of sp³-hybridized carbons (Fsp3) is 0.133. The van der Waals surface area contributed by atoms with Gasteiger partial charge in [0.05, 0.1) is 5.56 Å². The van der Waals surface area contributed by atoms with Crippen LogP contribution in [0.2, 0.25) is 0 Å². The predicted molar refractivity (Wildman–Crippen MR) is 69.7 cm³/mol. The van der Waals surface area contributed by atoms with E-state index in [1.54, 1.807) is 36.4 Å². The van der Waals surface area contributed by atoms with Crippen molar-refractivity contribution in [2.24, 2.45) is 0 Å². The quantitative estimate of drug-likeness (QED) is 0.611. The second-order valence-corrected chi connectivity index (χ2v) is 3.87. The van der Waals surface area contributed by atoms with Crippen LogP contribution in [0.4, 0.5) is 4.39 Å². The summed E-state index contributed by atoms with van der Waals surface area (Å²) in [6.07, 6.45) is 0.497. The Balaban J connectivity index is 2.49. The maximum atomic E-state index is 14.1.